The molecule has 1 amide bonds. The molecule has 1 rings (SSSR count). The van der Waals surface area contributed by atoms with Gasteiger partial charge in [-0.05, 0) is 12.8 Å². The van der Waals surface area contributed by atoms with Crippen LogP contribution in [0, 0.1) is 15.5 Å². The van der Waals surface area contributed by atoms with Crippen molar-refractivity contribution in [3.63, 3.8) is 0 Å². The van der Waals surface area contributed by atoms with E-state index in [4.69, 9.17) is 0 Å². The Morgan fingerprint density at radius 3 is 2.52 bits per heavy atom. The van der Waals surface area contributed by atoms with Gasteiger partial charge in [-0.15, -0.1) is 0 Å². The Hall–Kier alpha value is -2.45. The Morgan fingerprint density at radius 1 is 1.48 bits per heavy atom. The summed E-state index contributed by atoms with van der Waals surface area (Å²) in [5, 5.41) is 26.0. The largest absolute Gasteiger partial charge is 0.481 e. The molecule has 0 saturated carbocycles. The van der Waals surface area contributed by atoms with Gasteiger partial charge in [-0.3, -0.25) is 24.4 Å². The molecule has 1 aromatic heterocycles. The van der Waals surface area contributed by atoms with Crippen LogP contribution in [0.2, 0.25) is 0 Å². The first kappa shape index (κ1) is 16.6. The van der Waals surface area contributed by atoms with Crippen LogP contribution in [0.5, 0.6) is 0 Å². The van der Waals surface area contributed by atoms with Gasteiger partial charge < -0.3 is 10.4 Å². The van der Waals surface area contributed by atoms with Gasteiger partial charge in [0.05, 0.1) is 10.3 Å². The van der Waals surface area contributed by atoms with Crippen molar-refractivity contribution >= 4 is 17.6 Å². The third-order valence-corrected chi connectivity index (χ3v) is 3.57. The van der Waals surface area contributed by atoms with Crippen LogP contribution in [0.4, 0.5) is 5.69 Å². The summed E-state index contributed by atoms with van der Waals surface area (Å²) >= 11 is 0. The number of carbonyl (C=O) groups is 2. The van der Waals surface area contributed by atoms with Gasteiger partial charge >= 0.3 is 11.7 Å². The van der Waals surface area contributed by atoms with Crippen molar-refractivity contribution in [3.05, 3.63) is 22.5 Å². The third kappa shape index (κ3) is 4.01. The van der Waals surface area contributed by atoms with E-state index in [9.17, 15) is 24.8 Å². The fourth-order valence-electron chi connectivity index (χ4n) is 1.88. The lowest BCUT2D eigenvalue weighted by Gasteiger charge is -2.26. The van der Waals surface area contributed by atoms with E-state index in [1.54, 1.807) is 13.8 Å². The molecule has 21 heavy (non-hydrogen) atoms. The Kier molecular flexibility index (Phi) is 5.39. The molecule has 0 atom stereocenters. The van der Waals surface area contributed by atoms with Crippen molar-refractivity contribution in [1.82, 2.24) is 15.1 Å². The number of carboxylic acids is 1. The maximum Gasteiger partial charge on any atom is 0.311 e. The number of hydrogen-bond acceptors (Lipinski definition) is 5. The number of nitro groups is 1. The SMILES string of the molecule is CCC(CC)(CNC(=O)Cn1cc([N+](=O)[O-])cn1)C(=O)O. The van der Waals surface area contributed by atoms with Crippen LogP contribution >= 0.6 is 0 Å². The second-order valence-electron chi connectivity index (χ2n) is 4.72. The zero-order chi connectivity index (χ0) is 16.0. The van der Waals surface area contributed by atoms with Gasteiger partial charge in [0.2, 0.25) is 5.91 Å². The second kappa shape index (κ2) is 6.82. The molecule has 116 valence electrons. The molecule has 0 spiro atoms. The van der Waals surface area contributed by atoms with Crippen LogP contribution in [-0.2, 0) is 16.1 Å². The predicted molar refractivity (Wildman–Crippen MR) is 72.5 cm³/mol. The molecule has 1 aromatic rings. The first-order valence-electron chi connectivity index (χ1n) is 6.51. The molecule has 0 aliphatic carbocycles. The maximum absolute atomic E-state index is 11.8. The quantitative estimate of drug-likeness (QED) is 0.539. The van der Waals surface area contributed by atoms with Gasteiger partial charge in [-0.1, -0.05) is 13.8 Å². The molecule has 0 radical (unpaired) electrons. The van der Waals surface area contributed by atoms with Crippen molar-refractivity contribution in [2.75, 3.05) is 6.54 Å². The van der Waals surface area contributed by atoms with E-state index in [1.165, 1.54) is 0 Å². The number of carbonyl (C=O) groups excluding carboxylic acids is 1. The van der Waals surface area contributed by atoms with Crippen LogP contribution < -0.4 is 5.32 Å². The molecule has 0 aliphatic heterocycles. The monoisotopic (exact) mass is 298 g/mol. The normalized spacial score (nSPS) is 11.1. The lowest BCUT2D eigenvalue weighted by atomic mass is 9.82. The van der Waals surface area contributed by atoms with Gasteiger partial charge in [0, 0.05) is 6.54 Å². The highest BCUT2D eigenvalue weighted by Gasteiger charge is 2.35. The van der Waals surface area contributed by atoms with E-state index in [-0.39, 0.29) is 18.8 Å². The summed E-state index contributed by atoms with van der Waals surface area (Å²) in [4.78, 5) is 32.9. The summed E-state index contributed by atoms with van der Waals surface area (Å²) in [5.41, 5.74) is -1.20. The number of aromatic nitrogens is 2. The lowest BCUT2D eigenvalue weighted by molar-refractivity contribution is -0.385. The highest BCUT2D eigenvalue weighted by atomic mass is 16.6. The summed E-state index contributed by atoms with van der Waals surface area (Å²) in [7, 11) is 0. The maximum atomic E-state index is 11.8. The van der Waals surface area contributed by atoms with E-state index in [2.05, 4.69) is 10.4 Å². The molecule has 9 heteroatoms. The van der Waals surface area contributed by atoms with Crippen LogP contribution in [0.3, 0.4) is 0 Å². The molecule has 1 heterocycles. The molecule has 0 fully saturated rings. The standard InChI is InChI=1S/C12H18N4O5/c1-3-12(4-2,11(18)19)8-13-10(17)7-15-6-9(5-14-15)16(20)21/h5-6H,3-4,7-8H2,1-2H3,(H,13,17)(H,18,19). The van der Waals surface area contributed by atoms with Gasteiger partial charge in [0.1, 0.15) is 18.9 Å². The topological polar surface area (TPSA) is 127 Å². The number of nitrogens with one attached hydrogen (secondary N) is 1. The minimum Gasteiger partial charge on any atom is -0.481 e. The van der Waals surface area contributed by atoms with Crippen LogP contribution in [0.15, 0.2) is 12.4 Å². The highest BCUT2D eigenvalue weighted by molar-refractivity contribution is 5.78. The lowest BCUT2D eigenvalue weighted by Crippen LogP contribution is -2.43. The molecule has 0 unspecified atom stereocenters. The van der Waals surface area contributed by atoms with E-state index < -0.39 is 22.2 Å². The summed E-state index contributed by atoms with van der Waals surface area (Å²) in [6.45, 7) is 3.32. The molecule has 0 aliphatic rings. The first-order valence-corrected chi connectivity index (χ1v) is 6.51. The average Bonchev–Trinajstić information content (AvgIpc) is 2.88. The van der Waals surface area contributed by atoms with Crippen molar-refractivity contribution < 1.29 is 19.6 Å². The predicted octanol–water partition coefficient (Wildman–Crippen LogP) is 0.798. The Bertz CT molecular complexity index is 536. The van der Waals surface area contributed by atoms with Crippen molar-refractivity contribution in [3.8, 4) is 0 Å². The molecular weight excluding hydrogens is 280 g/mol. The summed E-state index contributed by atoms with van der Waals surface area (Å²) in [6.07, 6.45) is 2.98. The Balaban J connectivity index is 2.60. The number of hydrogen-bond donors (Lipinski definition) is 2. The average molecular weight is 298 g/mol. The number of carboxylic acid groups (broad SMARTS) is 1. The van der Waals surface area contributed by atoms with Gasteiger partial charge in [0.25, 0.3) is 0 Å². The van der Waals surface area contributed by atoms with E-state index >= 15 is 0 Å². The smallest absolute Gasteiger partial charge is 0.311 e. The second-order valence-corrected chi connectivity index (χ2v) is 4.72. The van der Waals surface area contributed by atoms with Crippen LogP contribution in [0.25, 0.3) is 0 Å². The summed E-state index contributed by atoms with van der Waals surface area (Å²) in [6, 6.07) is 0. The molecule has 0 saturated heterocycles. The Morgan fingerprint density at radius 2 is 2.10 bits per heavy atom. The number of amides is 1. The van der Waals surface area contributed by atoms with E-state index in [1.807, 2.05) is 0 Å². The molecule has 0 bridgehead atoms. The number of nitrogens with zero attached hydrogens (tertiary/aromatic N) is 3. The minimum absolute atomic E-state index is 0.0114. The number of rotatable bonds is 8. The fraction of sp³-hybridized carbons (Fsp3) is 0.583. The first-order chi connectivity index (χ1) is 9.84. The zero-order valence-electron chi connectivity index (χ0n) is 11.9. The van der Waals surface area contributed by atoms with Gasteiger partial charge in [-0.2, -0.15) is 5.10 Å². The van der Waals surface area contributed by atoms with Crippen LogP contribution in [-0.4, -0.2) is 38.2 Å². The zero-order valence-corrected chi connectivity index (χ0v) is 11.9. The minimum atomic E-state index is -0.994. The van der Waals surface area contributed by atoms with Crippen molar-refractivity contribution in [2.45, 2.75) is 33.2 Å². The van der Waals surface area contributed by atoms with Crippen LogP contribution in [0.1, 0.15) is 26.7 Å². The summed E-state index contributed by atoms with van der Waals surface area (Å²) in [5.74, 6) is -1.40. The molecular formula is C12H18N4O5. The molecule has 9 nitrogen and oxygen atoms in total. The summed E-state index contributed by atoms with van der Waals surface area (Å²) < 4.78 is 1.13. The van der Waals surface area contributed by atoms with Crippen molar-refractivity contribution in [2.24, 2.45) is 5.41 Å². The van der Waals surface area contributed by atoms with Crippen molar-refractivity contribution in [1.29, 1.82) is 0 Å². The molecule has 2 N–H and O–H groups in total. The Labute approximate surface area is 121 Å². The number of aliphatic carboxylic acids is 1. The highest BCUT2D eigenvalue weighted by Crippen LogP contribution is 2.25. The van der Waals surface area contributed by atoms with E-state index in [0.29, 0.717) is 12.8 Å². The van der Waals surface area contributed by atoms with Gasteiger partial charge in [0.15, 0.2) is 0 Å². The third-order valence-electron chi connectivity index (χ3n) is 3.57. The molecule has 0 aromatic carbocycles. The van der Waals surface area contributed by atoms with E-state index in [0.717, 1.165) is 17.1 Å². The van der Waals surface area contributed by atoms with Gasteiger partial charge in [-0.25, -0.2) is 0 Å². The fourth-order valence-corrected chi connectivity index (χ4v) is 1.88.